The lowest BCUT2D eigenvalue weighted by Crippen LogP contribution is -2.18. The van der Waals surface area contributed by atoms with Crippen LogP contribution in [0.25, 0.3) is 0 Å². The molecule has 2 rings (SSSR count). The summed E-state index contributed by atoms with van der Waals surface area (Å²) in [6.07, 6.45) is -4.54. The topological polar surface area (TPSA) is 26.0 Å². The van der Waals surface area contributed by atoms with Crippen LogP contribution in [0.1, 0.15) is 22.7 Å². The van der Waals surface area contributed by atoms with Gasteiger partial charge in [-0.1, -0.05) is 0 Å². The fraction of sp³-hybridized carbons (Fsp3) is 0.167. The number of nitrogens with two attached hydrogens (primary N) is 1. The number of alkyl halides is 3. The summed E-state index contributed by atoms with van der Waals surface area (Å²) in [6.45, 7) is 0. The van der Waals surface area contributed by atoms with Crippen molar-refractivity contribution in [3.63, 3.8) is 0 Å². The fourth-order valence-electron chi connectivity index (χ4n) is 1.68. The van der Waals surface area contributed by atoms with Crippen LogP contribution in [0, 0.1) is 5.82 Å². The quantitative estimate of drug-likeness (QED) is 0.819. The van der Waals surface area contributed by atoms with E-state index in [0.29, 0.717) is 5.56 Å². The number of halogens is 5. The first-order chi connectivity index (χ1) is 8.39. The Balaban J connectivity index is 0.00000180. The minimum absolute atomic E-state index is 0. The first kappa shape index (κ1) is 15.9. The third kappa shape index (κ3) is 3.46. The Morgan fingerprint density at radius 2 is 1.84 bits per heavy atom. The van der Waals surface area contributed by atoms with Crippen molar-refractivity contribution in [3.8, 4) is 0 Å². The molecule has 0 amide bonds. The lowest BCUT2D eigenvalue weighted by atomic mass is 9.96. The first-order valence-corrected chi connectivity index (χ1v) is 5.98. The number of hydrogen-bond acceptors (Lipinski definition) is 2. The molecule has 2 N–H and O–H groups in total. The minimum Gasteiger partial charge on any atom is -0.320 e. The van der Waals surface area contributed by atoms with E-state index in [9.17, 15) is 17.6 Å². The predicted molar refractivity (Wildman–Crippen MR) is 69.0 cm³/mol. The van der Waals surface area contributed by atoms with Crippen molar-refractivity contribution in [2.24, 2.45) is 5.73 Å². The monoisotopic (exact) mass is 311 g/mol. The minimum atomic E-state index is -4.54. The van der Waals surface area contributed by atoms with Crippen LogP contribution in [-0.2, 0) is 6.18 Å². The molecule has 1 aromatic carbocycles. The largest absolute Gasteiger partial charge is 0.416 e. The van der Waals surface area contributed by atoms with Crippen LogP contribution in [0.4, 0.5) is 17.6 Å². The van der Waals surface area contributed by atoms with Crippen molar-refractivity contribution in [2.75, 3.05) is 0 Å². The van der Waals surface area contributed by atoms with Gasteiger partial charge in [0.05, 0.1) is 11.6 Å². The molecule has 1 atom stereocenters. The fourth-order valence-corrected chi connectivity index (χ4v) is 2.38. The Morgan fingerprint density at radius 3 is 2.37 bits per heavy atom. The van der Waals surface area contributed by atoms with Crippen molar-refractivity contribution in [3.05, 3.63) is 57.5 Å². The van der Waals surface area contributed by atoms with Crippen LogP contribution >= 0.6 is 23.7 Å². The Morgan fingerprint density at radius 1 is 1.16 bits per heavy atom. The van der Waals surface area contributed by atoms with Crippen molar-refractivity contribution in [2.45, 2.75) is 12.2 Å². The average molecular weight is 312 g/mol. The van der Waals surface area contributed by atoms with Crippen molar-refractivity contribution in [1.29, 1.82) is 0 Å². The number of hydrogen-bond donors (Lipinski definition) is 1. The second-order valence-corrected chi connectivity index (χ2v) is 4.54. The third-order valence-corrected chi connectivity index (χ3v) is 3.26. The zero-order valence-electron chi connectivity index (χ0n) is 9.45. The molecule has 19 heavy (non-hydrogen) atoms. The van der Waals surface area contributed by atoms with Crippen LogP contribution in [0.3, 0.4) is 0 Å². The van der Waals surface area contributed by atoms with E-state index in [1.54, 1.807) is 16.8 Å². The zero-order chi connectivity index (χ0) is 13.3. The molecule has 0 unspecified atom stereocenters. The van der Waals surface area contributed by atoms with E-state index in [0.717, 1.165) is 18.2 Å². The maximum Gasteiger partial charge on any atom is 0.416 e. The van der Waals surface area contributed by atoms with Crippen LogP contribution in [0.5, 0.6) is 0 Å². The standard InChI is InChI=1S/C12H9F4NS.ClH/c13-8-1-2-10(12(14,15)16)9(5-8)11(17)7-3-4-18-6-7;/h1-6,11H,17H2;1H/t11-;/m0./s1. The van der Waals surface area contributed by atoms with Crippen molar-refractivity contribution < 1.29 is 17.6 Å². The Kier molecular flexibility index (Phi) is 4.95. The van der Waals surface area contributed by atoms with Gasteiger partial charge in [-0.2, -0.15) is 24.5 Å². The molecule has 0 aliphatic rings. The highest BCUT2D eigenvalue weighted by atomic mass is 35.5. The molecule has 2 aromatic rings. The van der Waals surface area contributed by atoms with Gasteiger partial charge in [0.25, 0.3) is 0 Å². The summed E-state index contributed by atoms with van der Waals surface area (Å²) in [5.74, 6) is -0.733. The summed E-state index contributed by atoms with van der Waals surface area (Å²) in [4.78, 5) is 0. The van der Waals surface area contributed by atoms with Gasteiger partial charge in [-0.15, -0.1) is 12.4 Å². The molecule has 1 aromatic heterocycles. The van der Waals surface area contributed by atoms with Crippen LogP contribution in [0.2, 0.25) is 0 Å². The highest BCUT2D eigenvalue weighted by molar-refractivity contribution is 7.08. The molecule has 0 aliphatic carbocycles. The Bertz CT molecular complexity index is 539. The summed E-state index contributed by atoms with van der Waals surface area (Å²) >= 11 is 1.33. The Labute approximate surface area is 117 Å². The van der Waals surface area contributed by atoms with Crippen LogP contribution < -0.4 is 5.73 Å². The number of rotatable bonds is 2. The van der Waals surface area contributed by atoms with E-state index in [-0.39, 0.29) is 18.0 Å². The van der Waals surface area contributed by atoms with Gasteiger partial charge < -0.3 is 5.73 Å². The van der Waals surface area contributed by atoms with E-state index >= 15 is 0 Å². The third-order valence-electron chi connectivity index (χ3n) is 2.56. The lowest BCUT2D eigenvalue weighted by Gasteiger charge is -2.17. The summed E-state index contributed by atoms with van der Waals surface area (Å²) in [7, 11) is 0. The van der Waals surface area contributed by atoms with Gasteiger partial charge in [-0.05, 0) is 46.2 Å². The van der Waals surface area contributed by atoms with E-state index in [1.165, 1.54) is 11.3 Å². The molecule has 0 aliphatic heterocycles. The van der Waals surface area contributed by atoms with Crippen LogP contribution in [0.15, 0.2) is 35.0 Å². The smallest absolute Gasteiger partial charge is 0.320 e. The molecule has 0 radical (unpaired) electrons. The van der Waals surface area contributed by atoms with E-state index in [4.69, 9.17) is 5.73 Å². The van der Waals surface area contributed by atoms with Crippen LogP contribution in [-0.4, -0.2) is 0 Å². The Hall–Kier alpha value is -1.11. The second-order valence-electron chi connectivity index (χ2n) is 3.76. The molecule has 0 saturated carbocycles. The van der Waals surface area contributed by atoms with E-state index < -0.39 is 23.6 Å². The summed E-state index contributed by atoms with van der Waals surface area (Å²) < 4.78 is 51.5. The maximum absolute atomic E-state index is 13.1. The van der Waals surface area contributed by atoms with Gasteiger partial charge in [-0.25, -0.2) is 4.39 Å². The summed E-state index contributed by atoms with van der Waals surface area (Å²) in [6, 6.07) is 2.98. The SMILES string of the molecule is Cl.N[C@@H](c1ccsc1)c1cc(F)ccc1C(F)(F)F. The maximum atomic E-state index is 13.1. The normalized spacial score (nSPS) is 12.9. The molecule has 0 bridgehead atoms. The van der Waals surface area contributed by atoms with Gasteiger partial charge in [0, 0.05) is 0 Å². The van der Waals surface area contributed by atoms with E-state index in [2.05, 4.69) is 0 Å². The molecule has 0 saturated heterocycles. The summed E-state index contributed by atoms with van der Waals surface area (Å²) in [5, 5.41) is 3.36. The molecular formula is C12H10ClF4NS. The predicted octanol–water partition coefficient (Wildman–Crippen LogP) is 4.38. The first-order valence-electron chi connectivity index (χ1n) is 5.04. The number of thiophene rings is 1. The molecular weight excluding hydrogens is 302 g/mol. The highest BCUT2D eigenvalue weighted by Crippen LogP contribution is 2.36. The van der Waals surface area contributed by atoms with Gasteiger partial charge in [-0.3, -0.25) is 0 Å². The highest BCUT2D eigenvalue weighted by Gasteiger charge is 2.35. The molecule has 104 valence electrons. The molecule has 0 fully saturated rings. The van der Waals surface area contributed by atoms with Gasteiger partial charge >= 0.3 is 6.18 Å². The van der Waals surface area contributed by atoms with E-state index in [1.807, 2.05) is 0 Å². The molecule has 7 heteroatoms. The average Bonchev–Trinajstić information content (AvgIpc) is 2.79. The molecule has 1 nitrogen and oxygen atoms in total. The van der Waals surface area contributed by atoms with Crippen molar-refractivity contribution >= 4 is 23.7 Å². The molecule has 1 heterocycles. The lowest BCUT2D eigenvalue weighted by molar-refractivity contribution is -0.138. The second kappa shape index (κ2) is 5.90. The zero-order valence-corrected chi connectivity index (χ0v) is 11.1. The number of benzene rings is 1. The van der Waals surface area contributed by atoms with Gasteiger partial charge in [0.2, 0.25) is 0 Å². The van der Waals surface area contributed by atoms with Gasteiger partial charge in [0.15, 0.2) is 0 Å². The van der Waals surface area contributed by atoms with Gasteiger partial charge in [0.1, 0.15) is 5.82 Å². The molecule has 0 spiro atoms. The van der Waals surface area contributed by atoms with Crippen molar-refractivity contribution in [1.82, 2.24) is 0 Å². The summed E-state index contributed by atoms with van der Waals surface area (Å²) in [5.41, 5.74) is 5.16.